The van der Waals surface area contributed by atoms with E-state index in [4.69, 9.17) is 16.3 Å². The lowest BCUT2D eigenvalue weighted by atomic mass is 9.68. The lowest BCUT2D eigenvalue weighted by Crippen LogP contribution is -2.44. The molecule has 0 aliphatic heterocycles. The molecule has 3 rings (SSSR count). The van der Waals surface area contributed by atoms with E-state index in [2.05, 4.69) is 13.8 Å². The fourth-order valence-electron chi connectivity index (χ4n) is 4.81. The number of rotatable bonds is 3. The number of alkyl halides is 1. The van der Waals surface area contributed by atoms with Gasteiger partial charge in [-0.3, -0.25) is 0 Å². The molecule has 3 aliphatic carbocycles. The SMILES string of the molecule is CCCOC1CC2(Cl)CC1C1CCCC12C. The molecule has 5 atom stereocenters. The van der Waals surface area contributed by atoms with E-state index in [1.165, 1.54) is 25.7 Å². The molecular weight excluding hydrogens is 220 g/mol. The number of ether oxygens (including phenoxy) is 1. The Morgan fingerprint density at radius 3 is 2.94 bits per heavy atom. The molecule has 0 spiro atoms. The molecule has 0 aromatic carbocycles. The molecule has 5 unspecified atom stereocenters. The Morgan fingerprint density at radius 2 is 2.19 bits per heavy atom. The van der Waals surface area contributed by atoms with Gasteiger partial charge in [0.1, 0.15) is 0 Å². The topological polar surface area (TPSA) is 9.23 Å². The molecule has 0 saturated heterocycles. The Balaban J connectivity index is 1.80. The van der Waals surface area contributed by atoms with Crippen LogP contribution in [0.3, 0.4) is 0 Å². The van der Waals surface area contributed by atoms with Crippen LogP contribution in [0, 0.1) is 17.3 Å². The summed E-state index contributed by atoms with van der Waals surface area (Å²) in [7, 11) is 0. The van der Waals surface area contributed by atoms with Gasteiger partial charge in [-0.05, 0) is 49.4 Å². The first-order chi connectivity index (χ1) is 7.61. The van der Waals surface area contributed by atoms with E-state index in [0.29, 0.717) is 11.5 Å². The van der Waals surface area contributed by atoms with Gasteiger partial charge in [0.25, 0.3) is 0 Å². The lowest BCUT2D eigenvalue weighted by molar-refractivity contribution is -0.0267. The normalized spacial score (nSPS) is 54.6. The van der Waals surface area contributed by atoms with Crippen LogP contribution in [-0.2, 0) is 4.74 Å². The minimum Gasteiger partial charge on any atom is -0.378 e. The van der Waals surface area contributed by atoms with Gasteiger partial charge < -0.3 is 4.74 Å². The van der Waals surface area contributed by atoms with Crippen molar-refractivity contribution in [3.8, 4) is 0 Å². The molecule has 0 radical (unpaired) electrons. The molecule has 92 valence electrons. The van der Waals surface area contributed by atoms with Crippen molar-refractivity contribution in [2.75, 3.05) is 6.61 Å². The predicted molar refractivity (Wildman–Crippen MR) is 66.8 cm³/mol. The first kappa shape index (κ1) is 11.3. The second-order valence-corrected chi connectivity index (χ2v) is 7.09. The van der Waals surface area contributed by atoms with E-state index in [1.54, 1.807) is 0 Å². The lowest BCUT2D eigenvalue weighted by Gasteiger charge is -2.44. The maximum absolute atomic E-state index is 6.93. The highest BCUT2D eigenvalue weighted by Gasteiger charge is 2.68. The van der Waals surface area contributed by atoms with Crippen LogP contribution in [0.25, 0.3) is 0 Å². The zero-order valence-electron chi connectivity index (χ0n) is 10.5. The van der Waals surface area contributed by atoms with Gasteiger partial charge in [0, 0.05) is 6.61 Å². The third kappa shape index (κ3) is 1.28. The predicted octanol–water partition coefficient (Wildman–Crippen LogP) is 3.99. The zero-order chi connectivity index (χ0) is 11.4. The van der Waals surface area contributed by atoms with E-state index >= 15 is 0 Å². The molecule has 1 nitrogen and oxygen atoms in total. The Kier molecular flexibility index (Phi) is 2.57. The largest absolute Gasteiger partial charge is 0.378 e. The van der Waals surface area contributed by atoms with Gasteiger partial charge in [0.15, 0.2) is 0 Å². The molecule has 3 fully saturated rings. The third-order valence-corrected chi connectivity index (χ3v) is 6.41. The standard InChI is InChI=1S/C14H23ClO/c1-3-7-16-12-9-14(15)8-10(12)11-5-4-6-13(11,14)2/h10-12H,3-9H2,1-2H3. The van der Waals surface area contributed by atoms with Crippen molar-refractivity contribution < 1.29 is 4.74 Å². The van der Waals surface area contributed by atoms with E-state index in [0.717, 1.165) is 31.3 Å². The molecule has 16 heavy (non-hydrogen) atoms. The first-order valence-corrected chi connectivity index (χ1v) is 7.29. The van der Waals surface area contributed by atoms with Crippen LogP contribution in [-0.4, -0.2) is 17.6 Å². The van der Waals surface area contributed by atoms with Crippen LogP contribution in [0.5, 0.6) is 0 Å². The highest BCUT2D eigenvalue weighted by Crippen LogP contribution is 2.70. The van der Waals surface area contributed by atoms with Crippen LogP contribution in [0.1, 0.15) is 52.4 Å². The van der Waals surface area contributed by atoms with E-state index in [9.17, 15) is 0 Å². The summed E-state index contributed by atoms with van der Waals surface area (Å²) in [5.41, 5.74) is 0.422. The van der Waals surface area contributed by atoms with Crippen molar-refractivity contribution in [2.45, 2.75) is 63.4 Å². The summed E-state index contributed by atoms with van der Waals surface area (Å²) in [5, 5.41) is 0. The molecule has 2 heteroatoms. The van der Waals surface area contributed by atoms with Crippen LogP contribution in [0.2, 0.25) is 0 Å². The van der Waals surface area contributed by atoms with E-state index in [-0.39, 0.29) is 4.87 Å². The quantitative estimate of drug-likeness (QED) is 0.680. The molecule has 2 bridgehead atoms. The molecule has 0 amide bonds. The van der Waals surface area contributed by atoms with Gasteiger partial charge in [-0.2, -0.15) is 0 Å². The number of hydrogen-bond acceptors (Lipinski definition) is 1. The molecule has 0 N–H and O–H groups in total. The van der Waals surface area contributed by atoms with Crippen molar-refractivity contribution >= 4 is 11.6 Å². The fraction of sp³-hybridized carbons (Fsp3) is 1.00. The number of fused-ring (bicyclic) bond motifs is 5. The minimum atomic E-state index is 0.0667. The maximum Gasteiger partial charge on any atom is 0.0623 e. The Bertz CT molecular complexity index is 292. The molecule has 3 saturated carbocycles. The average molecular weight is 243 g/mol. The molecule has 0 heterocycles. The van der Waals surface area contributed by atoms with Gasteiger partial charge in [-0.1, -0.05) is 20.3 Å². The van der Waals surface area contributed by atoms with Crippen molar-refractivity contribution in [3.63, 3.8) is 0 Å². The van der Waals surface area contributed by atoms with E-state index < -0.39 is 0 Å². The zero-order valence-corrected chi connectivity index (χ0v) is 11.2. The summed E-state index contributed by atoms with van der Waals surface area (Å²) in [6, 6.07) is 0. The van der Waals surface area contributed by atoms with Gasteiger partial charge in [-0.25, -0.2) is 0 Å². The summed E-state index contributed by atoms with van der Waals surface area (Å²) in [4.78, 5) is 0.0667. The number of halogens is 1. The van der Waals surface area contributed by atoms with Crippen LogP contribution in [0.4, 0.5) is 0 Å². The van der Waals surface area contributed by atoms with Gasteiger partial charge in [0.2, 0.25) is 0 Å². The summed E-state index contributed by atoms with van der Waals surface area (Å²) < 4.78 is 6.02. The number of hydrogen-bond donors (Lipinski definition) is 0. The van der Waals surface area contributed by atoms with E-state index in [1.807, 2.05) is 0 Å². The minimum absolute atomic E-state index is 0.0667. The van der Waals surface area contributed by atoms with Gasteiger partial charge in [-0.15, -0.1) is 11.6 Å². The molecule has 0 aromatic heterocycles. The summed E-state index contributed by atoms with van der Waals surface area (Å²) in [5.74, 6) is 1.61. The summed E-state index contributed by atoms with van der Waals surface area (Å²) in [6.07, 6.45) is 8.03. The third-order valence-electron chi connectivity index (χ3n) is 5.67. The van der Waals surface area contributed by atoms with Crippen molar-refractivity contribution in [1.82, 2.24) is 0 Å². The van der Waals surface area contributed by atoms with Crippen molar-refractivity contribution in [2.24, 2.45) is 17.3 Å². The highest BCUT2D eigenvalue weighted by atomic mass is 35.5. The Labute approximate surface area is 104 Å². The second-order valence-electron chi connectivity index (χ2n) is 6.36. The first-order valence-electron chi connectivity index (χ1n) is 6.91. The Morgan fingerprint density at radius 1 is 1.38 bits per heavy atom. The molecule has 0 aromatic rings. The van der Waals surface area contributed by atoms with Crippen LogP contribution < -0.4 is 0 Å². The second kappa shape index (κ2) is 3.62. The van der Waals surface area contributed by atoms with Crippen molar-refractivity contribution in [3.05, 3.63) is 0 Å². The monoisotopic (exact) mass is 242 g/mol. The van der Waals surface area contributed by atoms with Crippen LogP contribution in [0.15, 0.2) is 0 Å². The van der Waals surface area contributed by atoms with Crippen molar-refractivity contribution in [1.29, 1.82) is 0 Å². The van der Waals surface area contributed by atoms with Gasteiger partial charge >= 0.3 is 0 Å². The molecule has 3 aliphatic rings. The maximum atomic E-state index is 6.93. The fourth-order valence-corrected chi connectivity index (χ4v) is 5.38. The Hall–Kier alpha value is 0.250. The molecular formula is C14H23ClO. The highest BCUT2D eigenvalue weighted by molar-refractivity contribution is 6.25. The van der Waals surface area contributed by atoms with Gasteiger partial charge in [0.05, 0.1) is 11.0 Å². The van der Waals surface area contributed by atoms with Crippen LogP contribution >= 0.6 is 11.6 Å². The summed E-state index contributed by atoms with van der Waals surface area (Å²) in [6.45, 7) is 5.54. The average Bonchev–Trinajstić information content (AvgIpc) is 2.83. The smallest absolute Gasteiger partial charge is 0.0623 e. The summed E-state index contributed by atoms with van der Waals surface area (Å²) >= 11 is 6.93.